The Balaban J connectivity index is 2.43. The summed E-state index contributed by atoms with van der Waals surface area (Å²) in [5.41, 5.74) is 0.528. The molecule has 0 spiro atoms. The molecular formula is C13H27NS. The van der Waals surface area contributed by atoms with Gasteiger partial charge in [0.1, 0.15) is 0 Å². The molecule has 1 unspecified atom stereocenters. The normalized spacial score (nSPS) is 22.2. The Bertz CT molecular complexity index is 175. The van der Waals surface area contributed by atoms with E-state index >= 15 is 0 Å². The highest BCUT2D eigenvalue weighted by atomic mass is 32.1. The summed E-state index contributed by atoms with van der Waals surface area (Å²) in [6.07, 6.45) is 8.21. The predicted molar refractivity (Wildman–Crippen MR) is 71.8 cm³/mol. The molecule has 0 heterocycles. The Labute approximate surface area is 101 Å². The number of hydrogen-bond donors (Lipinski definition) is 1. The summed E-state index contributed by atoms with van der Waals surface area (Å²) in [7, 11) is 2.28. The molecule has 1 aliphatic rings. The second-order valence-electron chi connectivity index (χ2n) is 5.42. The molecule has 0 radical (unpaired) electrons. The lowest BCUT2D eigenvalue weighted by atomic mass is 9.87. The molecule has 1 saturated carbocycles. The van der Waals surface area contributed by atoms with Crippen molar-refractivity contribution in [2.45, 2.75) is 58.4 Å². The van der Waals surface area contributed by atoms with E-state index in [4.69, 9.17) is 0 Å². The largest absolute Gasteiger partial charge is 0.303 e. The highest BCUT2D eigenvalue weighted by molar-refractivity contribution is 7.80. The third-order valence-corrected chi connectivity index (χ3v) is 4.71. The van der Waals surface area contributed by atoms with E-state index in [-0.39, 0.29) is 0 Å². The molecule has 1 aliphatic carbocycles. The molecule has 1 fully saturated rings. The Morgan fingerprint density at radius 3 is 2.40 bits per heavy atom. The summed E-state index contributed by atoms with van der Waals surface area (Å²) in [6.45, 7) is 5.87. The number of nitrogens with zero attached hydrogens (tertiary/aromatic N) is 1. The summed E-state index contributed by atoms with van der Waals surface area (Å²) in [5.74, 6) is 1.07. The lowest BCUT2D eigenvalue weighted by molar-refractivity contribution is 0.156. The Kier molecular flexibility index (Phi) is 5.48. The maximum Gasteiger partial charge on any atom is 0.00640 e. The van der Waals surface area contributed by atoms with Crippen molar-refractivity contribution < 1.29 is 0 Å². The minimum absolute atomic E-state index is 0.528. The van der Waals surface area contributed by atoms with Crippen molar-refractivity contribution in [1.82, 2.24) is 4.90 Å². The van der Waals surface area contributed by atoms with Crippen molar-refractivity contribution in [3.8, 4) is 0 Å². The molecule has 90 valence electrons. The monoisotopic (exact) mass is 229 g/mol. The number of hydrogen-bond acceptors (Lipinski definition) is 2. The fourth-order valence-corrected chi connectivity index (χ4v) is 3.23. The van der Waals surface area contributed by atoms with Gasteiger partial charge in [0, 0.05) is 12.6 Å². The zero-order valence-corrected chi connectivity index (χ0v) is 11.5. The molecule has 1 rings (SSSR count). The van der Waals surface area contributed by atoms with Gasteiger partial charge in [0.2, 0.25) is 0 Å². The zero-order valence-electron chi connectivity index (χ0n) is 10.6. The molecule has 0 N–H and O–H groups in total. The summed E-state index contributed by atoms with van der Waals surface area (Å²) in [6, 6.07) is 0.729. The van der Waals surface area contributed by atoms with Crippen molar-refractivity contribution in [2.24, 2.45) is 5.41 Å². The van der Waals surface area contributed by atoms with Crippen LogP contribution in [0.4, 0.5) is 0 Å². The molecule has 0 bridgehead atoms. The average molecular weight is 229 g/mol. The van der Waals surface area contributed by atoms with Crippen LogP contribution in [0.3, 0.4) is 0 Å². The molecule has 0 aromatic carbocycles. The van der Waals surface area contributed by atoms with Gasteiger partial charge in [0.15, 0.2) is 0 Å². The van der Waals surface area contributed by atoms with Crippen molar-refractivity contribution in [3.63, 3.8) is 0 Å². The SMILES string of the molecule is CCCC(C)N(C)CC1(CS)CCCC1. The van der Waals surface area contributed by atoms with Gasteiger partial charge < -0.3 is 4.90 Å². The van der Waals surface area contributed by atoms with Gasteiger partial charge in [0.05, 0.1) is 0 Å². The first-order valence-corrected chi connectivity index (χ1v) is 7.08. The van der Waals surface area contributed by atoms with Gasteiger partial charge in [-0.2, -0.15) is 12.6 Å². The summed E-state index contributed by atoms with van der Waals surface area (Å²) in [5, 5.41) is 0. The van der Waals surface area contributed by atoms with E-state index in [2.05, 4.69) is 38.4 Å². The van der Waals surface area contributed by atoms with Crippen LogP contribution in [0.25, 0.3) is 0 Å². The fourth-order valence-electron chi connectivity index (χ4n) is 2.81. The molecule has 0 saturated heterocycles. The Morgan fingerprint density at radius 1 is 1.33 bits per heavy atom. The van der Waals surface area contributed by atoms with Crippen molar-refractivity contribution >= 4 is 12.6 Å². The van der Waals surface area contributed by atoms with Crippen LogP contribution in [0, 0.1) is 5.41 Å². The van der Waals surface area contributed by atoms with Gasteiger partial charge in [-0.3, -0.25) is 0 Å². The van der Waals surface area contributed by atoms with E-state index in [0.29, 0.717) is 5.41 Å². The highest BCUT2D eigenvalue weighted by Gasteiger charge is 2.34. The number of rotatable bonds is 6. The number of thiol groups is 1. The summed E-state index contributed by atoms with van der Waals surface area (Å²) in [4.78, 5) is 2.55. The van der Waals surface area contributed by atoms with Crippen molar-refractivity contribution in [2.75, 3.05) is 19.3 Å². The van der Waals surface area contributed by atoms with Crippen molar-refractivity contribution in [1.29, 1.82) is 0 Å². The average Bonchev–Trinajstić information content (AvgIpc) is 2.67. The smallest absolute Gasteiger partial charge is 0.00640 e. The molecule has 0 aromatic rings. The molecule has 0 amide bonds. The summed E-state index contributed by atoms with van der Waals surface area (Å²) < 4.78 is 0. The van der Waals surface area contributed by atoms with Crippen LogP contribution >= 0.6 is 12.6 Å². The van der Waals surface area contributed by atoms with E-state index in [9.17, 15) is 0 Å². The molecular weight excluding hydrogens is 202 g/mol. The van der Waals surface area contributed by atoms with E-state index in [1.807, 2.05) is 0 Å². The third-order valence-electron chi connectivity index (χ3n) is 4.04. The zero-order chi connectivity index (χ0) is 11.3. The van der Waals surface area contributed by atoms with Crippen LogP contribution in [0.15, 0.2) is 0 Å². The lowest BCUT2D eigenvalue weighted by Crippen LogP contribution is -2.39. The van der Waals surface area contributed by atoms with E-state index in [1.54, 1.807) is 0 Å². The molecule has 1 nitrogen and oxygen atoms in total. The second kappa shape index (κ2) is 6.15. The Hall–Kier alpha value is 0.310. The van der Waals surface area contributed by atoms with Gasteiger partial charge >= 0.3 is 0 Å². The molecule has 1 atom stereocenters. The van der Waals surface area contributed by atoms with Crippen LogP contribution in [0.1, 0.15) is 52.4 Å². The first-order valence-electron chi connectivity index (χ1n) is 6.44. The van der Waals surface area contributed by atoms with Gasteiger partial charge in [-0.1, -0.05) is 26.2 Å². The summed E-state index contributed by atoms with van der Waals surface area (Å²) >= 11 is 4.57. The van der Waals surface area contributed by atoms with E-state index in [0.717, 1.165) is 11.8 Å². The van der Waals surface area contributed by atoms with Crippen molar-refractivity contribution in [3.05, 3.63) is 0 Å². The van der Waals surface area contributed by atoms with Gasteiger partial charge in [-0.15, -0.1) is 0 Å². The van der Waals surface area contributed by atoms with Gasteiger partial charge in [0.25, 0.3) is 0 Å². The second-order valence-corrected chi connectivity index (χ2v) is 5.73. The molecule has 0 aromatic heterocycles. The van der Waals surface area contributed by atoms with E-state index < -0.39 is 0 Å². The predicted octanol–water partition coefficient (Wildman–Crippen LogP) is 3.60. The van der Waals surface area contributed by atoms with Gasteiger partial charge in [-0.05, 0) is 44.4 Å². The highest BCUT2D eigenvalue weighted by Crippen LogP contribution is 2.39. The minimum Gasteiger partial charge on any atom is -0.303 e. The van der Waals surface area contributed by atoms with Crippen LogP contribution < -0.4 is 0 Å². The maximum atomic E-state index is 4.57. The van der Waals surface area contributed by atoms with Crippen LogP contribution in [0.5, 0.6) is 0 Å². The van der Waals surface area contributed by atoms with E-state index in [1.165, 1.54) is 45.1 Å². The molecule has 15 heavy (non-hydrogen) atoms. The van der Waals surface area contributed by atoms with Gasteiger partial charge in [-0.25, -0.2) is 0 Å². The van der Waals surface area contributed by atoms with Crippen LogP contribution in [-0.2, 0) is 0 Å². The van der Waals surface area contributed by atoms with Crippen LogP contribution in [0.2, 0.25) is 0 Å². The maximum absolute atomic E-state index is 4.57. The lowest BCUT2D eigenvalue weighted by Gasteiger charge is -2.35. The molecule has 2 heteroatoms. The molecule has 0 aliphatic heterocycles. The third kappa shape index (κ3) is 3.67. The fraction of sp³-hybridized carbons (Fsp3) is 1.00. The minimum atomic E-state index is 0.528. The topological polar surface area (TPSA) is 3.24 Å². The Morgan fingerprint density at radius 2 is 1.93 bits per heavy atom. The quantitative estimate of drug-likeness (QED) is 0.681. The first-order chi connectivity index (χ1) is 7.13. The van der Waals surface area contributed by atoms with Crippen LogP contribution in [-0.4, -0.2) is 30.3 Å². The first kappa shape index (κ1) is 13.4. The standard InChI is InChI=1S/C13H27NS/c1-4-7-12(2)14(3)10-13(11-15)8-5-6-9-13/h12,15H,4-11H2,1-3H3.